The lowest BCUT2D eigenvalue weighted by Crippen LogP contribution is -1.86. The van der Waals surface area contributed by atoms with Crippen molar-refractivity contribution >= 4 is 0 Å². The van der Waals surface area contributed by atoms with E-state index >= 15 is 0 Å². The molecule has 3 aromatic rings. The number of hydrogen-bond donors (Lipinski definition) is 0. The first-order valence-corrected chi connectivity index (χ1v) is 6.17. The van der Waals surface area contributed by atoms with Crippen molar-refractivity contribution in [1.29, 1.82) is 0 Å². The van der Waals surface area contributed by atoms with Crippen molar-refractivity contribution in [2.24, 2.45) is 0 Å². The molecule has 3 aromatic carbocycles. The van der Waals surface area contributed by atoms with Gasteiger partial charge in [0.1, 0.15) is 5.82 Å². The molecule has 0 amide bonds. The Morgan fingerprint density at radius 3 is 2.21 bits per heavy atom. The maximum Gasteiger partial charge on any atom is 0.131 e. The molecule has 19 heavy (non-hydrogen) atoms. The predicted molar refractivity (Wildman–Crippen MR) is 76.1 cm³/mol. The van der Waals surface area contributed by atoms with E-state index in [1.165, 1.54) is 0 Å². The third kappa shape index (κ3) is 2.41. The van der Waals surface area contributed by atoms with Crippen LogP contribution >= 0.6 is 0 Å². The van der Waals surface area contributed by atoms with Gasteiger partial charge >= 0.3 is 0 Å². The predicted octanol–water partition coefficient (Wildman–Crippen LogP) is 4.96. The van der Waals surface area contributed by atoms with Crippen molar-refractivity contribution < 1.29 is 4.39 Å². The second kappa shape index (κ2) is 5.07. The van der Waals surface area contributed by atoms with Gasteiger partial charge < -0.3 is 0 Å². The van der Waals surface area contributed by atoms with Crippen LogP contribution < -0.4 is 0 Å². The van der Waals surface area contributed by atoms with Crippen LogP contribution in [0, 0.1) is 11.9 Å². The molecule has 91 valence electrons. The van der Waals surface area contributed by atoms with Crippen LogP contribution in [0.15, 0.2) is 72.8 Å². The lowest BCUT2D eigenvalue weighted by molar-refractivity contribution is 0.632. The zero-order chi connectivity index (χ0) is 13.1. The summed E-state index contributed by atoms with van der Waals surface area (Å²) in [6.45, 7) is 0. The number of rotatable bonds is 2. The average Bonchev–Trinajstić information content (AvgIpc) is 2.49. The maximum atomic E-state index is 14.2. The van der Waals surface area contributed by atoms with E-state index in [-0.39, 0.29) is 5.82 Å². The van der Waals surface area contributed by atoms with E-state index in [0.29, 0.717) is 5.56 Å². The summed E-state index contributed by atoms with van der Waals surface area (Å²) in [4.78, 5) is 0. The normalized spacial score (nSPS) is 10.4. The molecule has 0 atom stereocenters. The molecule has 0 aliphatic rings. The molecule has 0 spiro atoms. The average molecular weight is 247 g/mol. The molecule has 0 heterocycles. The van der Waals surface area contributed by atoms with E-state index < -0.39 is 0 Å². The molecule has 0 aromatic heterocycles. The SMILES string of the molecule is Fc1cc(-c2ccccc2)ccc1-c1[c]cccc1. The Hall–Kier alpha value is -2.41. The summed E-state index contributed by atoms with van der Waals surface area (Å²) < 4.78 is 14.2. The van der Waals surface area contributed by atoms with Gasteiger partial charge in [-0.15, -0.1) is 0 Å². The Morgan fingerprint density at radius 1 is 0.737 bits per heavy atom. The molecule has 0 fully saturated rings. The summed E-state index contributed by atoms with van der Waals surface area (Å²) in [5, 5.41) is 0. The molecule has 0 saturated carbocycles. The van der Waals surface area contributed by atoms with Crippen molar-refractivity contribution in [2.45, 2.75) is 0 Å². The van der Waals surface area contributed by atoms with E-state index in [2.05, 4.69) is 6.07 Å². The third-order valence-electron chi connectivity index (χ3n) is 3.08. The standard InChI is InChI=1S/C18H12F/c19-18-13-16(14-7-3-1-4-8-14)11-12-17(18)15-9-5-2-6-10-15/h1-9,11-13H. The molecule has 0 aliphatic heterocycles. The van der Waals surface area contributed by atoms with Gasteiger partial charge in [0.15, 0.2) is 0 Å². The number of halogens is 1. The Kier molecular flexibility index (Phi) is 3.11. The maximum absolute atomic E-state index is 14.2. The van der Waals surface area contributed by atoms with Gasteiger partial charge in [0, 0.05) is 5.56 Å². The lowest BCUT2D eigenvalue weighted by atomic mass is 10.00. The minimum atomic E-state index is -0.219. The minimum absolute atomic E-state index is 0.219. The Morgan fingerprint density at radius 2 is 1.53 bits per heavy atom. The van der Waals surface area contributed by atoms with E-state index in [1.54, 1.807) is 12.1 Å². The van der Waals surface area contributed by atoms with Gasteiger partial charge in [-0.1, -0.05) is 66.7 Å². The van der Waals surface area contributed by atoms with Gasteiger partial charge in [-0.2, -0.15) is 0 Å². The van der Waals surface area contributed by atoms with E-state index in [9.17, 15) is 4.39 Å². The largest absolute Gasteiger partial charge is 0.206 e. The zero-order valence-corrected chi connectivity index (χ0v) is 10.3. The van der Waals surface area contributed by atoms with E-state index in [0.717, 1.165) is 16.7 Å². The smallest absolute Gasteiger partial charge is 0.131 e. The summed E-state index contributed by atoms with van der Waals surface area (Å²) >= 11 is 0. The van der Waals surface area contributed by atoms with Gasteiger partial charge in [-0.25, -0.2) is 4.39 Å². The highest BCUT2D eigenvalue weighted by atomic mass is 19.1. The van der Waals surface area contributed by atoms with Gasteiger partial charge in [-0.05, 0) is 28.8 Å². The molecule has 0 N–H and O–H groups in total. The third-order valence-corrected chi connectivity index (χ3v) is 3.08. The molecule has 0 aliphatic carbocycles. The van der Waals surface area contributed by atoms with Crippen molar-refractivity contribution in [2.75, 3.05) is 0 Å². The molecule has 0 saturated heterocycles. The molecule has 3 rings (SSSR count). The van der Waals surface area contributed by atoms with Crippen LogP contribution in [0.4, 0.5) is 4.39 Å². The van der Waals surface area contributed by atoms with Crippen molar-refractivity contribution in [3.8, 4) is 22.3 Å². The summed E-state index contributed by atoms with van der Waals surface area (Å²) in [7, 11) is 0. The number of hydrogen-bond acceptors (Lipinski definition) is 0. The second-order valence-corrected chi connectivity index (χ2v) is 4.34. The molecule has 1 heteroatoms. The quantitative estimate of drug-likeness (QED) is 0.600. The lowest BCUT2D eigenvalue weighted by Gasteiger charge is -2.06. The second-order valence-electron chi connectivity index (χ2n) is 4.34. The molecule has 0 bridgehead atoms. The molecule has 0 nitrogen and oxygen atoms in total. The van der Waals surface area contributed by atoms with Gasteiger partial charge in [0.25, 0.3) is 0 Å². The minimum Gasteiger partial charge on any atom is -0.206 e. The van der Waals surface area contributed by atoms with Crippen molar-refractivity contribution in [1.82, 2.24) is 0 Å². The topological polar surface area (TPSA) is 0 Å². The van der Waals surface area contributed by atoms with Crippen molar-refractivity contribution in [3.63, 3.8) is 0 Å². The van der Waals surface area contributed by atoms with Crippen LogP contribution in [0.3, 0.4) is 0 Å². The first kappa shape index (κ1) is 11.7. The van der Waals surface area contributed by atoms with Crippen LogP contribution in [0.2, 0.25) is 0 Å². The van der Waals surface area contributed by atoms with E-state index in [1.807, 2.05) is 60.7 Å². The summed E-state index contributed by atoms with van der Waals surface area (Å²) in [6.07, 6.45) is 0. The zero-order valence-electron chi connectivity index (χ0n) is 10.3. The van der Waals surface area contributed by atoms with Gasteiger partial charge in [-0.3, -0.25) is 0 Å². The monoisotopic (exact) mass is 247 g/mol. The van der Waals surface area contributed by atoms with Crippen LogP contribution in [-0.2, 0) is 0 Å². The number of benzene rings is 3. The fourth-order valence-electron chi connectivity index (χ4n) is 2.10. The van der Waals surface area contributed by atoms with Crippen LogP contribution in [0.1, 0.15) is 0 Å². The Balaban J connectivity index is 2.04. The van der Waals surface area contributed by atoms with Crippen molar-refractivity contribution in [3.05, 3.63) is 84.7 Å². The highest BCUT2D eigenvalue weighted by Gasteiger charge is 2.06. The molecular formula is C18H12F. The van der Waals surface area contributed by atoms with E-state index in [4.69, 9.17) is 0 Å². The Labute approximate surface area is 112 Å². The summed E-state index contributed by atoms with van der Waals surface area (Å²) in [5.41, 5.74) is 3.27. The van der Waals surface area contributed by atoms with Crippen LogP contribution in [0.5, 0.6) is 0 Å². The van der Waals surface area contributed by atoms with Gasteiger partial charge in [0.2, 0.25) is 0 Å². The highest BCUT2D eigenvalue weighted by molar-refractivity contribution is 5.70. The Bertz CT molecular complexity index is 673. The fraction of sp³-hybridized carbons (Fsp3) is 0. The highest BCUT2D eigenvalue weighted by Crippen LogP contribution is 2.27. The van der Waals surface area contributed by atoms with Crippen LogP contribution in [-0.4, -0.2) is 0 Å². The molecular weight excluding hydrogens is 235 g/mol. The fourth-order valence-corrected chi connectivity index (χ4v) is 2.10. The summed E-state index contributed by atoms with van der Waals surface area (Å²) in [5.74, 6) is -0.219. The summed E-state index contributed by atoms with van der Waals surface area (Å²) in [6, 6.07) is 25.6. The van der Waals surface area contributed by atoms with Crippen LogP contribution in [0.25, 0.3) is 22.3 Å². The van der Waals surface area contributed by atoms with Gasteiger partial charge in [0.05, 0.1) is 0 Å². The molecule has 0 unspecified atom stereocenters. The first-order valence-electron chi connectivity index (χ1n) is 6.17. The molecule has 1 radical (unpaired) electrons. The first-order chi connectivity index (χ1) is 9.34.